The van der Waals surface area contributed by atoms with Gasteiger partial charge in [-0.1, -0.05) is 30.3 Å². The number of halogens is 1. The number of carbonyl (C=O) groups is 2. The topological polar surface area (TPSA) is 40.6 Å². The van der Waals surface area contributed by atoms with Crippen molar-refractivity contribution in [3.8, 4) is 0 Å². The molecule has 25 heavy (non-hydrogen) atoms. The third-order valence-electron chi connectivity index (χ3n) is 4.45. The lowest BCUT2D eigenvalue weighted by Crippen LogP contribution is -2.31. The Hall–Kier alpha value is -2.53. The molecule has 5 heteroatoms. The first-order chi connectivity index (χ1) is 12.1. The number of nitrogens with zero attached hydrogens (tertiary/aromatic N) is 2. The highest BCUT2D eigenvalue weighted by Gasteiger charge is 2.34. The third-order valence-corrected chi connectivity index (χ3v) is 4.45. The van der Waals surface area contributed by atoms with Gasteiger partial charge in [-0.25, -0.2) is 4.39 Å². The van der Waals surface area contributed by atoms with Crippen LogP contribution in [0.3, 0.4) is 0 Å². The second kappa shape index (κ2) is 7.57. The van der Waals surface area contributed by atoms with Gasteiger partial charge in [-0.05, 0) is 44.6 Å². The summed E-state index contributed by atoms with van der Waals surface area (Å²) in [6.45, 7) is 1.73. The van der Waals surface area contributed by atoms with Gasteiger partial charge in [-0.3, -0.25) is 14.5 Å². The molecule has 0 atom stereocenters. The fraction of sp³-hybridized carbons (Fsp3) is 0.300. The van der Waals surface area contributed by atoms with Crippen molar-refractivity contribution in [3.05, 3.63) is 71.0 Å². The van der Waals surface area contributed by atoms with Crippen LogP contribution in [0.15, 0.2) is 48.5 Å². The fourth-order valence-electron chi connectivity index (χ4n) is 3.09. The first-order valence-electron chi connectivity index (χ1n) is 8.45. The third kappa shape index (κ3) is 3.77. The number of imide groups is 1. The van der Waals surface area contributed by atoms with E-state index in [9.17, 15) is 14.0 Å². The smallest absolute Gasteiger partial charge is 0.261 e. The van der Waals surface area contributed by atoms with Gasteiger partial charge < -0.3 is 4.90 Å². The minimum atomic E-state index is -0.208. The standard InChI is InChI=1S/C20H21FN2O2/c1-22(14-15-8-2-5-11-18(15)21)12-6-7-13-23-19(24)16-9-3-4-10-17(16)20(23)25/h2-5,8-11H,6-7,12-14H2,1H3. The average molecular weight is 340 g/mol. The summed E-state index contributed by atoms with van der Waals surface area (Å²) in [5.41, 5.74) is 1.65. The van der Waals surface area contributed by atoms with Crippen LogP contribution in [0.4, 0.5) is 4.39 Å². The molecule has 4 nitrogen and oxygen atoms in total. The molecule has 2 aromatic rings. The molecule has 0 saturated carbocycles. The van der Waals surface area contributed by atoms with Crippen LogP contribution in [0.25, 0.3) is 0 Å². The summed E-state index contributed by atoms with van der Waals surface area (Å²) in [6, 6.07) is 13.7. The molecule has 2 aromatic carbocycles. The molecule has 0 unspecified atom stereocenters. The van der Waals surface area contributed by atoms with Crippen molar-refractivity contribution in [3.63, 3.8) is 0 Å². The molecule has 1 heterocycles. The molecule has 1 aliphatic heterocycles. The number of benzene rings is 2. The molecule has 0 saturated heterocycles. The molecule has 0 spiro atoms. The van der Waals surface area contributed by atoms with E-state index in [1.165, 1.54) is 11.0 Å². The van der Waals surface area contributed by atoms with Crippen molar-refractivity contribution < 1.29 is 14.0 Å². The quantitative estimate of drug-likeness (QED) is 0.573. The van der Waals surface area contributed by atoms with Gasteiger partial charge in [0.1, 0.15) is 5.82 Å². The molecule has 0 fully saturated rings. The van der Waals surface area contributed by atoms with Gasteiger partial charge in [0, 0.05) is 18.7 Å². The number of amides is 2. The summed E-state index contributed by atoms with van der Waals surface area (Å²) < 4.78 is 13.7. The van der Waals surface area contributed by atoms with E-state index in [0.29, 0.717) is 29.8 Å². The SMILES string of the molecule is CN(CCCCN1C(=O)c2ccccc2C1=O)Cc1ccccc1F. The predicted octanol–water partition coefficient (Wildman–Crippen LogP) is 3.33. The van der Waals surface area contributed by atoms with Gasteiger partial charge >= 0.3 is 0 Å². The van der Waals surface area contributed by atoms with Crippen LogP contribution in [-0.2, 0) is 6.54 Å². The van der Waals surface area contributed by atoms with Crippen molar-refractivity contribution in [1.82, 2.24) is 9.80 Å². The maximum absolute atomic E-state index is 13.7. The molecular formula is C20H21FN2O2. The van der Waals surface area contributed by atoms with Gasteiger partial charge in [0.2, 0.25) is 0 Å². The Morgan fingerprint density at radius 1 is 0.920 bits per heavy atom. The van der Waals surface area contributed by atoms with Gasteiger partial charge in [-0.15, -0.1) is 0 Å². The van der Waals surface area contributed by atoms with Crippen LogP contribution in [-0.4, -0.2) is 41.8 Å². The van der Waals surface area contributed by atoms with Gasteiger partial charge in [0.25, 0.3) is 11.8 Å². The lowest BCUT2D eigenvalue weighted by molar-refractivity contribution is 0.0650. The van der Waals surface area contributed by atoms with Crippen LogP contribution >= 0.6 is 0 Å². The molecule has 1 aliphatic rings. The molecule has 0 bridgehead atoms. The summed E-state index contributed by atoms with van der Waals surface area (Å²) in [5.74, 6) is -0.610. The molecule has 0 radical (unpaired) electrons. The Balaban J connectivity index is 1.46. The minimum Gasteiger partial charge on any atom is -0.302 e. The predicted molar refractivity (Wildman–Crippen MR) is 93.8 cm³/mol. The van der Waals surface area contributed by atoms with Crippen LogP contribution < -0.4 is 0 Å². The Morgan fingerprint density at radius 2 is 1.52 bits per heavy atom. The molecule has 2 amide bonds. The lowest BCUT2D eigenvalue weighted by atomic mass is 10.1. The number of unbranched alkanes of at least 4 members (excludes halogenated alkanes) is 1. The highest BCUT2D eigenvalue weighted by Crippen LogP contribution is 2.22. The Kier molecular flexibility index (Phi) is 5.24. The Bertz CT molecular complexity index is 756. The molecule has 0 aromatic heterocycles. The zero-order valence-corrected chi connectivity index (χ0v) is 14.2. The van der Waals surface area contributed by atoms with E-state index >= 15 is 0 Å². The van der Waals surface area contributed by atoms with Crippen molar-refractivity contribution in [1.29, 1.82) is 0 Å². The van der Waals surface area contributed by atoms with E-state index < -0.39 is 0 Å². The minimum absolute atomic E-state index is 0.194. The molecule has 0 aliphatic carbocycles. The first-order valence-corrected chi connectivity index (χ1v) is 8.45. The monoisotopic (exact) mass is 340 g/mol. The van der Waals surface area contributed by atoms with E-state index in [0.717, 1.165) is 19.4 Å². The largest absolute Gasteiger partial charge is 0.302 e. The highest BCUT2D eigenvalue weighted by atomic mass is 19.1. The van der Waals surface area contributed by atoms with Gasteiger partial charge in [0.05, 0.1) is 11.1 Å². The number of fused-ring (bicyclic) bond motifs is 1. The summed E-state index contributed by atoms with van der Waals surface area (Å²) in [7, 11) is 1.94. The molecule has 3 rings (SSSR count). The molecule has 130 valence electrons. The molecular weight excluding hydrogens is 319 g/mol. The van der Waals surface area contributed by atoms with E-state index in [1.807, 2.05) is 18.0 Å². The number of hydrogen-bond acceptors (Lipinski definition) is 3. The highest BCUT2D eigenvalue weighted by molar-refractivity contribution is 6.21. The number of rotatable bonds is 7. The summed E-state index contributed by atoms with van der Waals surface area (Å²) in [6.07, 6.45) is 1.56. The van der Waals surface area contributed by atoms with Crippen molar-refractivity contribution in [2.24, 2.45) is 0 Å². The van der Waals surface area contributed by atoms with Crippen LogP contribution in [0.1, 0.15) is 39.1 Å². The van der Waals surface area contributed by atoms with Crippen LogP contribution in [0.5, 0.6) is 0 Å². The van der Waals surface area contributed by atoms with Crippen LogP contribution in [0, 0.1) is 5.82 Å². The lowest BCUT2D eigenvalue weighted by Gasteiger charge is -2.18. The zero-order valence-electron chi connectivity index (χ0n) is 14.2. The van der Waals surface area contributed by atoms with Crippen molar-refractivity contribution in [2.75, 3.05) is 20.1 Å². The molecule has 0 N–H and O–H groups in total. The second-order valence-corrected chi connectivity index (χ2v) is 6.34. The van der Waals surface area contributed by atoms with E-state index in [-0.39, 0.29) is 17.6 Å². The number of hydrogen-bond donors (Lipinski definition) is 0. The summed E-state index contributed by atoms with van der Waals surface area (Å²) >= 11 is 0. The van der Waals surface area contributed by atoms with Gasteiger partial charge in [-0.2, -0.15) is 0 Å². The Morgan fingerprint density at radius 3 is 2.16 bits per heavy atom. The van der Waals surface area contributed by atoms with Gasteiger partial charge in [0.15, 0.2) is 0 Å². The fourth-order valence-corrected chi connectivity index (χ4v) is 3.09. The van der Waals surface area contributed by atoms with Crippen molar-refractivity contribution >= 4 is 11.8 Å². The maximum Gasteiger partial charge on any atom is 0.261 e. The zero-order chi connectivity index (χ0) is 17.8. The second-order valence-electron chi connectivity index (χ2n) is 6.34. The van der Waals surface area contributed by atoms with E-state index in [4.69, 9.17) is 0 Å². The number of carbonyl (C=O) groups excluding carboxylic acids is 2. The Labute approximate surface area is 146 Å². The summed E-state index contributed by atoms with van der Waals surface area (Å²) in [4.78, 5) is 27.9. The first kappa shape index (κ1) is 17.3. The summed E-state index contributed by atoms with van der Waals surface area (Å²) in [5, 5.41) is 0. The van der Waals surface area contributed by atoms with Crippen LogP contribution in [0.2, 0.25) is 0 Å². The maximum atomic E-state index is 13.7. The van der Waals surface area contributed by atoms with Crippen molar-refractivity contribution in [2.45, 2.75) is 19.4 Å². The van der Waals surface area contributed by atoms with E-state index in [1.54, 1.807) is 36.4 Å². The normalized spacial score (nSPS) is 13.6. The average Bonchev–Trinajstić information content (AvgIpc) is 2.86. The van der Waals surface area contributed by atoms with E-state index in [2.05, 4.69) is 0 Å².